The Balaban J connectivity index is 3.76. The van der Waals surface area contributed by atoms with Gasteiger partial charge in [-0.05, 0) is 46.0 Å². The highest BCUT2D eigenvalue weighted by molar-refractivity contribution is 4.71. The van der Waals surface area contributed by atoms with Crippen LogP contribution in [0, 0.1) is 6.92 Å². The van der Waals surface area contributed by atoms with Crippen LogP contribution in [0.5, 0.6) is 0 Å². The number of ether oxygens (including phenoxy) is 2. The fraction of sp³-hybridized carbons (Fsp3) is 0.812. The van der Waals surface area contributed by atoms with Crippen LogP contribution in [0.15, 0.2) is 12.7 Å². The molecule has 0 N–H and O–H groups in total. The second-order valence-electron chi connectivity index (χ2n) is 5.10. The first-order valence-electron chi connectivity index (χ1n) is 7.22. The Kier molecular flexibility index (Phi) is 11.5. The maximum Gasteiger partial charge on any atom is 0.0581 e. The second-order valence-corrected chi connectivity index (χ2v) is 5.10. The van der Waals surface area contributed by atoms with Crippen LogP contribution in [0.3, 0.4) is 0 Å². The quantitative estimate of drug-likeness (QED) is 0.376. The van der Waals surface area contributed by atoms with Gasteiger partial charge in [0.1, 0.15) is 0 Å². The van der Waals surface area contributed by atoms with E-state index in [-0.39, 0.29) is 0 Å². The third-order valence-corrected chi connectivity index (χ3v) is 3.11. The molecule has 2 unspecified atom stereocenters. The summed E-state index contributed by atoms with van der Waals surface area (Å²) in [4.78, 5) is 0. The van der Waals surface area contributed by atoms with E-state index in [1.165, 1.54) is 12.8 Å². The van der Waals surface area contributed by atoms with Crippen LogP contribution in [0.1, 0.15) is 58.8 Å². The van der Waals surface area contributed by atoms with E-state index in [0.29, 0.717) is 18.3 Å². The average molecular weight is 255 g/mol. The highest BCUT2D eigenvalue weighted by atomic mass is 16.5. The van der Waals surface area contributed by atoms with E-state index >= 15 is 0 Å². The molecule has 0 aromatic carbocycles. The Morgan fingerprint density at radius 1 is 1.06 bits per heavy atom. The molecule has 1 radical (unpaired) electrons. The van der Waals surface area contributed by atoms with E-state index in [1.807, 2.05) is 6.08 Å². The molecule has 0 aliphatic rings. The molecule has 0 spiro atoms. The molecule has 0 saturated carbocycles. The normalized spacial score (nSPS) is 14.7. The topological polar surface area (TPSA) is 18.5 Å². The third kappa shape index (κ3) is 9.67. The molecular formula is C16H31O2. The highest BCUT2D eigenvalue weighted by Crippen LogP contribution is 2.16. The molecule has 2 heteroatoms. The lowest BCUT2D eigenvalue weighted by molar-refractivity contribution is -0.00278. The molecule has 0 rings (SSSR count). The first-order chi connectivity index (χ1) is 8.63. The van der Waals surface area contributed by atoms with Crippen LogP contribution in [-0.2, 0) is 9.47 Å². The Hall–Kier alpha value is -0.340. The summed E-state index contributed by atoms with van der Waals surface area (Å²) in [6, 6.07) is 0. The Morgan fingerprint density at radius 3 is 2.11 bits per heavy atom. The van der Waals surface area contributed by atoms with E-state index in [2.05, 4.69) is 27.4 Å². The number of hydrogen-bond donors (Lipinski definition) is 0. The lowest BCUT2D eigenvalue weighted by atomic mass is 10.0. The molecule has 18 heavy (non-hydrogen) atoms. The molecule has 0 fully saturated rings. The van der Waals surface area contributed by atoms with Gasteiger partial charge in [0.15, 0.2) is 0 Å². The molecule has 0 bridgehead atoms. The summed E-state index contributed by atoms with van der Waals surface area (Å²) in [6.45, 7) is 11.9. The minimum absolute atomic E-state index is 0.311. The summed E-state index contributed by atoms with van der Waals surface area (Å²) in [6.07, 6.45) is 10.6. The van der Waals surface area contributed by atoms with Crippen molar-refractivity contribution < 1.29 is 9.47 Å². The van der Waals surface area contributed by atoms with Crippen LogP contribution < -0.4 is 0 Å². The minimum atomic E-state index is 0.311. The van der Waals surface area contributed by atoms with Crippen molar-refractivity contribution in [2.24, 2.45) is 0 Å². The summed E-state index contributed by atoms with van der Waals surface area (Å²) in [5, 5.41) is 0. The zero-order valence-corrected chi connectivity index (χ0v) is 12.5. The van der Waals surface area contributed by atoms with Gasteiger partial charge in [0.25, 0.3) is 0 Å². The summed E-state index contributed by atoms with van der Waals surface area (Å²) in [5.41, 5.74) is 0. The minimum Gasteiger partial charge on any atom is -0.381 e. The predicted molar refractivity (Wildman–Crippen MR) is 78.7 cm³/mol. The summed E-state index contributed by atoms with van der Waals surface area (Å²) in [5.74, 6) is 0. The summed E-state index contributed by atoms with van der Waals surface area (Å²) in [7, 11) is 1.77. The average Bonchev–Trinajstić information content (AvgIpc) is 2.35. The predicted octanol–water partition coefficient (Wildman–Crippen LogP) is 4.55. The van der Waals surface area contributed by atoms with Crippen LogP contribution in [0.2, 0.25) is 0 Å². The summed E-state index contributed by atoms with van der Waals surface area (Å²) < 4.78 is 11.2. The van der Waals surface area contributed by atoms with Gasteiger partial charge in [0, 0.05) is 7.11 Å². The standard InChI is InChI=1S/C16H31O2/c1-6-8-11-16(18-14(3)4)13-10-9-12-15(7-2)17-5/h6,14-16H,1-2,7-13H2,3-5H3. The molecule has 0 aromatic rings. The van der Waals surface area contributed by atoms with E-state index in [9.17, 15) is 0 Å². The molecule has 0 saturated heterocycles. The first-order valence-corrected chi connectivity index (χ1v) is 7.22. The van der Waals surface area contributed by atoms with Gasteiger partial charge in [-0.25, -0.2) is 0 Å². The van der Waals surface area contributed by atoms with Gasteiger partial charge < -0.3 is 9.47 Å². The smallest absolute Gasteiger partial charge is 0.0581 e. The van der Waals surface area contributed by atoms with Gasteiger partial charge in [-0.2, -0.15) is 0 Å². The van der Waals surface area contributed by atoms with Crippen molar-refractivity contribution in [3.05, 3.63) is 19.6 Å². The zero-order chi connectivity index (χ0) is 13.8. The van der Waals surface area contributed by atoms with Crippen LogP contribution >= 0.6 is 0 Å². The SMILES string of the molecule is [CH2]CC(CCCCC(CCC=C)OC(C)C)OC. The van der Waals surface area contributed by atoms with Crippen molar-refractivity contribution in [2.45, 2.75) is 77.1 Å². The zero-order valence-electron chi connectivity index (χ0n) is 12.5. The molecule has 2 atom stereocenters. The van der Waals surface area contributed by atoms with Crippen LogP contribution in [-0.4, -0.2) is 25.4 Å². The molecule has 0 amide bonds. The Bertz CT molecular complexity index is 186. The number of rotatable bonds is 12. The lowest BCUT2D eigenvalue weighted by Gasteiger charge is -2.20. The van der Waals surface area contributed by atoms with Crippen molar-refractivity contribution in [3.63, 3.8) is 0 Å². The van der Waals surface area contributed by atoms with E-state index in [0.717, 1.165) is 32.1 Å². The van der Waals surface area contributed by atoms with Crippen molar-refractivity contribution in [3.8, 4) is 0 Å². The van der Waals surface area contributed by atoms with Gasteiger partial charge in [-0.1, -0.05) is 25.8 Å². The molecule has 0 aliphatic heterocycles. The van der Waals surface area contributed by atoms with E-state index in [4.69, 9.17) is 9.47 Å². The number of hydrogen-bond acceptors (Lipinski definition) is 2. The highest BCUT2D eigenvalue weighted by Gasteiger charge is 2.11. The fourth-order valence-corrected chi connectivity index (χ4v) is 2.09. The van der Waals surface area contributed by atoms with Gasteiger partial charge in [0.05, 0.1) is 18.3 Å². The third-order valence-electron chi connectivity index (χ3n) is 3.11. The van der Waals surface area contributed by atoms with E-state index < -0.39 is 0 Å². The molecule has 0 aromatic heterocycles. The Morgan fingerprint density at radius 2 is 1.67 bits per heavy atom. The van der Waals surface area contributed by atoms with E-state index in [1.54, 1.807) is 7.11 Å². The number of methoxy groups -OCH3 is 1. The monoisotopic (exact) mass is 255 g/mol. The number of unbranched alkanes of at least 4 members (excludes halogenated alkanes) is 1. The van der Waals surface area contributed by atoms with Crippen molar-refractivity contribution in [2.75, 3.05) is 7.11 Å². The maximum atomic E-state index is 5.92. The molecular weight excluding hydrogens is 224 g/mol. The number of allylic oxidation sites excluding steroid dienone is 1. The van der Waals surface area contributed by atoms with Crippen LogP contribution in [0.25, 0.3) is 0 Å². The fourth-order valence-electron chi connectivity index (χ4n) is 2.09. The maximum absolute atomic E-state index is 5.92. The van der Waals surface area contributed by atoms with Crippen molar-refractivity contribution >= 4 is 0 Å². The lowest BCUT2D eigenvalue weighted by Crippen LogP contribution is -2.18. The van der Waals surface area contributed by atoms with Crippen molar-refractivity contribution in [1.82, 2.24) is 0 Å². The van der Waals surface area contributed by atoms with Gasteiger partial charge in [-0.15, -0.1) is 6.58 Å². The molecule has 2 nitrogen and oxygen atoms in total. The van der Waals surface area contributed by atoms with Crippen molar-refractivity contribution in [1.29, 1.82) is 0 Å². The van der Waals surface area contributed by atoms with Crippen LogP contribution in [0.4, 0.5) is 0 Å². The van der Waals surface area contributed by atoms with Gasteiger partial charge in [-0.3, -0.25) is 0 Å². The molecule has 0 aliphatic carbocycles. The van der Waals surface area contributed by atoms with Gasteiger partial charge in [0.2, 0.25) is 0 Å². The van der Waals surface area contributed by atoms with Gasteiger partial charge >= 0.3 is 0 Å². The second kappa shape index (κ2) is 11.7. The molecule has 107 valence electrons. The Labute approximate surface area is 114 Å². The first kappa shape index (κ1) is 17.7. The molecule has 0 heterocycles. The summed E-state index contributed by atoms with van der Waals surface area (Å²) >= 11 is 0. The largest absolute Gasteiger partial charge is 0.381 e.